The lowest BCUT2D eigenvalue weighted by Crippen LogP contribution is -2.34. The minimum atomic E-state index is -0.447. The van der Waals surface area contributed by atoms with E-state index >= 15 is 0 Å². The van der Waals surface area contributed by atoms with Crippen LogP contribution in [0.1, 0.15) is 25.8 Å². The van der Waals surface area contributed by atoms with Gasteiger partial charge in [-0.25, -0.2) is 0 Å². The summed E-state index contributed by atoms with van der Waals surface area (Å²) in [4.78, 5) is 2.16. The van der Waals surface area contributed by atoms with E-state index < -0.39 is 6.10 Å². The number of benzene rings is 1. The molecule has 0 amide bonds. The number of hydrogen-bond donors (Lipinski definition) is 1. The molecule has 0 aromatic heterocycles. The molecule has 108 valence electrons. The largest absolute Gasteiger partial charge is 0.491 e. The molecule has 0 saturated carbocycles. The summed E-state index contributed by atoms with van der Waals surface area (Å²) in [7, 11) is 2.04. The monoisotopic (exact) mass is 265 g/mol. The van der Waals surface area contributed by atoms with Crippen LogP contribution in [0.5, 0.6) is 5.75 Å². The van der Waals surface area contributed by atoms with E-state index in [0.717, 1.165) is 24.3 Å². The van der Waals surface area contributed by atoms with Gasteiger partial charge in [0.2, 0.25) is 0 Å². The molecule has 1 rings (SSSR count). The number of ether oxygens (including phenoxy) is 1. The third-order valence-electron chi connectivity index (χ3n) is 3.14. The molecule has 0 heterocycles. The van der Waals surface area contributed by atoms with Crippen LogP contribution in [0.4, 0.5) is 0 Å². The highest BCUT2D eigenvalue weighted by atomic mass is 16.5. The SMILES string of the molecule is Cc1ccccc1OC[C@@H](O)CN(C)CCC(C)C. The summed E-state index contributed by atoms with van der Waals surface area (Å²) in [6, 6.07) is 7.88. The number of likely N-dealkylation sites (N-methyl/N-ethyl adjacent to an activating group) is 1. The Morgan fingerprint density at radius 2 is 1.95 bits per heavy atom. The van der Waals surface area contributed by atoms with Gasteiger partial charge >= 0.3 is 0 Å². The van der Waals surface area contributed by atoms with Gasteiger partial charge in [0.15, 0.2) is 0 Å². The first-order valence-corrected chi connectivity index (χ1v) is 7.04. The quantitative estimate of drug-likeness (QED) is 0.784. The topological polar surface area (TPSA) is 32.7 Å². The Balaban J connectivity index is 2.28. The first-order valence-electron chi connectivity index (χ1n) is 7.04. The van der Waals surface area contributed by atoms with Crippen molar-refractivity contribution < 1.29 is 9.84 Å². The van der Waals surface area contributed by atoms with Crippen LogP contribution in [-0.4, -0.2) is 42.9 Å². The Kier molecular flexibility index (Phi) is 6.89. The Hall–Kier alpha value is -1.06. The van der Waals surface area contributed by atoms with Gasteiger partial charge in [-0.1, -0.05) is 32.0 Å². The summed E-state index contributed by atoms with van der Waals surface area (Å²) in [5.74, 6) is 1.55. The first-order chi connectivity index (χ1) is 8.99. The predicted molar refractivity (Wildman–Crippen MR) is 79.6 cm³/mol. The molecule has 3 heteroatoms. The fourth-order valence-electron chi connectivity index (χ4n) is 1.89. The van der Waals surface area contributed by atoms with Gasteiger partial charge in [0.25, 0.3) is 0 Å². The van der Waals surface area contributed by atoms with Gasteiger partial charge in [-0.05, 0) is 44.5 Å². The highest BCUT2D eigenvalue weighted by Gasteiger charge is 2.10. The van der Waals surface area contributed by atoms with Gasteiger partial charge in [-0.2, -0.15) is 0 Å². The molecule has 0 fully saturated rings. The van der Waals surface area contributed by atoms with Crippen molar-refractivity contribution in [3.63, 3.8) is 0 Å². The first kappa shape index (κ1) is 16.0. The van der Waals surface area contributed by atoms with Gasteiger partial charge in [0, 0.05) is 6.54 Å². The van der Waals surface area contributed by atoms with E-state index in [2.05, 4.69) is 18.7 Å². The average Bonchev–Trinajstić information content (AvgIpc) is 2.35. The van der Waals surface area contributed by atoms with E-state index in [9.17, 15) is 5.11 Å². The number of aliphatic hydroxyl groups excluding tert-OH is 1. The zero-order valence-corrected chi connectivity index (χ0v) is 12.6. The number of aryl methyl sites for hydroxylation is 1. The standard InChI is InChI=1S/C16H27NO2/c1-13(2)9-10-17(4)11-15(18)12-19-16-8-6-5-7-14(16)3/h5-8,13,15,18H,9-12H2,1-4H3/t15-/m0/s1. The molecule has 0 radical (unpaired) electrons. The van der Waals surface area contributed by atoms with E-state index in [1.54, 1.807) is 0 Å². The minimum Gasteiger partial charge on any atom is -0.491 e. The van der Waals surface area contributed by atoms with E-state index in [0.29, 0.717) is 19.1 Å². The Morgan fingerprint density at radius 3 is 2.58 bits per heavy atom. The lowest BCUT2D eigenvalue weighted by atomic mass is 10.1. The maximum atomic E-state index is 9.97. The van der Waals surface area contributed by atoms with Crippen molar-refractivity contribution in [2.45, 2.75) is 33.3 Å². The van der Waals surface area contributed by atoms with Crippen LogP contribution in [0.25, 0.3) is 0 Å². The lowest BCUT2D eigenvalue weighted by Gasteiger charge is -2.21. The van der Waals surface area contributed by atoms with E-state index in [1.807, 2.05) is 38.2 Å². The molecule has 1 aromatic rings. The molecular formula is C16H27NO2. The summed E-state index contributed by atoms with van der Waals surface area (Å²) in [5, 5.41) is 9.97. The number of aliphatic hydroxyl groups is 1. The van der Waals surface area contributed by atoms with Crippen molar-refractivity contribution in [3.05, 3.63) is 29.8 Å². The van der Waals surface area contributed by atoms with Crippen LogP contribution >= 0.6 is 0 Å². The van der Waals surface area contributed by atoms with Crippen molar-refractivity contribution in [1.82, 2.24) is 4.90 Å². The smallest absolute Gasteiger partial charge is 0.122 e. The van der Waals surface area contributed by atoms with Gasteiger partial charge in [-0.3, -0.25) is 0 Å². The lowest BCUT2D eigenvalue weighted by molar-refractivity contribution is 0.0749. The maximum Gasteiger partial charge on any atom is 0.122 e. The molecular weight excluding hydrogens is 238 g/mol. The Bertz CT molecular complexity index is 366. The van der Waals surface area contributed by atoms with Crippen molar-refractivity contribution in [2.75, 3.05) is 26.7 Å². The van der Waals surface area contributed by atoms with Gasteiger partial charge < -0.3 is 14.7 Å². The van der Waals surface area contributed by atoms with Crippen molar-refractivity contribution >= 4 is 0 Å². The highest BCUT2D eigenvalue weighted by molar-refractivity contribution is 5.31. The van der Waals surface area contributed by atoms with E-state index in [1.165, 1.54) is 0 Å². The van der Waals surface area contributed by atoms with Gasteiger partial charge in [0.05, 0.1) is 0 Å². The van der Waals surface area contributed by atoms with Crippen LogP contribution in [-0.2, 0) is 0 Å². The number of hydrogen-bond acceptors (Lipinski definition) is 3. The second kappa shape index (κ2) is 8.18. The van der Waals surface area contributed by atoms with Crippen molar-refractivity contribution in [1.29, 1.82) is 0 Å². The molecule has 0 aliphatic heterocycles. The molecule has 0 aliphatic carbocycles. The van der Waals surface area contributed by atoms with Gasteiger partial charge in [-0.15, -0.1) is 0 Å². The summed E-state index contributed by atoms with van der Waals surface area (Å²) in [6.07, 6.45) is 0.707. The van der Waals surface area contributed by atoms with Crippen LogP contribution in [0.2, 0.25) is 0 Å². The molecule has 1 atom stereocenters. The van der Waals surface area contributed by atoms with E-state index in [4.69, 9.17) is 4.74 Å². The molecule has 0 saturated heterocycles. The van der Waals surface area contributed by atoms with Crippen molar-refractivity contribution in [3.8, 4) is 5.75 Å². The second-order valence-corrected chi connectivity index (χ2v) is 5.68. The zero-order valence-electron chi connectivity index (χ0n) is 12.6. The average molecular weight is 265 g/mol. The fraction of sp³-hybridized carbons (Fsp3) is 0.625. The molecule has 0 bridgehead atoms. The van der Waals surface area contributed by atoms with Gasteiger partial charge in [0.1, 0.15) is 18.5 Å². The zero-order chi connectivity index (χ0) is 14.3. The minimum absolute atomic E-state index is 0.344. The van der Waals surface area contributed by atoms with Crippen LogP contribution in [0.15, 0.2) is 24.3 Å². The molecule has 0 aliphatic rings. The number of rotatable bonds is 8. The predicted octanol–water partition coefficient (Wildman–Crippen LogP) is 2.71. The maximum absolute atomic E-state index is 9.97. The molecule has 19 heavy (non-hydrogen) atoms. The van der Waals surface area contributed by atoms with E-state index in [-0.39, 0.29) is 0 Å². The molecule has 1 aromatic carbocycles. The van der Waals surface area contributed by atoms with Crippen LogP contribution in [0.3, 0.4) is 0 Å². The fourth-order valence-corrected chi connectivity index (χ4v) is 1.89. The third kappa shape index (κ3) is 6.60. The molecule has 1 N–H and O–H groups in total. The summed E-state index contributed by atoms with van der Waals surface area (Å²) >= 11 is 0. The Labute approximate surface area is 117 Å². The molecule has 0 spiro atoms. The number of para-hydroxylation sites is 1. The summed E-state index contributed by atoms with van der Waals surface area (Å²) < 4.78 is 5.65. The molecule has 0 unspecified atom stereocenters. The second-order valence-electron chi connectivity index (χ2n) is 5.68. The summed E-state index contributed by atoms with van der Waals surface area (Å²) in [5.41, 5.74) is 1.10. The third-order valence-corrected chi connectivity index (χ3v) is 3.14. The highest BCUT2D eigenvalue weighted by Crippen LogP contribution is 2.16. The summed E-state index contributed by atoms with van der Waals surface area (Å²) in [6.45, 7) is 8.45. The van der Waals surface area contributed by atoms with Crippen LogP contribution < -0.4 is 4.74 Å². The Morgan fingerprint density at radius 1 is 1.26 bits per heavy atom. The molecule has 3 nitrogen and oxygen atoms in total. The van der Waals surface area contributed by atoms with Crippen molar-refractivity contribution in [2.24, 2.45) is 5.92 Å². The number of nitrogens with zero attached hydrogens (tertiary/aromatic N) is 1. The van der Waals surface area contributed by atoms with Crippen LogP contribution in [0, 0.1) is 12.8 Å². The normalized spacial score (nSPS) is 13.0.